The maximum absolute atomic E-state index is 13.0. The van der Waals surface area contributed by atoms with Crippen LogP contribution in [-0.2, 0) is 21.2 Å². The Kier molecular flexibility index (Phi) is 6.34. The van der Waals surface area contributed by atoms with Crippen LogP contribution in [0.1, 0.15) is 40.7 Å². The number of benzene rings is 2. The van der Waals surface area contributed by atoms with Crippen molar-refractivity contribution in [1.29, 1.82) is 0 Å². The van der Waals surface area contributed by atoms with E-state index >= 15 is 0 Å². The molecule has 3 N–H and O–H groups in total. The maximum atomic E-state index is 13.0. The Morgan fingerprint density at radius 3 is 2.31 bits per heavy atom. The molecule has 0 saturated carbocycles. The highest BCUT2D eigenvalue weighted by molar-refractivity contribution is 7.89. The second-order valence-corrected chi connectivity index (χ2v) is 9.15. The van der Waals surface area contributed by atoms with E-state index in [-0.39, 0.29) is 16.9 Å². The van der Waals surface area contributed by atoms with E-state index in [1.807, 2.05) is 0 Å². The first kappa shape index (κ1) is 21.0. The van der Waals surface area contributed by atoms with Crippen molar-refractivity contribution in [2.75, 3.05) is 18.4 Å². The Labute approximate surface area is 171 Å². The first-order valence-corrected chi connectivity index (χ1v) is 11.0. The molecular weight excluding hydrogens is 390 g/mol. The lowest BCUT2D eigenvalue weighted by Crippen LogP contribution is -2.36. The van der Waals surface area contributed by atoms with Gasteiger partial charge in [0.05, 0.1) is 11.3 Å². The fourth-order valence-corrected chi connectivity index (χ4v) is 5.14. The van der Waals surface area contributed by atoms with Crippen LogP contribution >= 0.6 is 0 Å². The van der Waals surface area contributed by atoms with Crippen molar-refractivity contribution < 1.29 is 18.0 Å². The van der Waals surface area contributed by atoms with Crippen molar-refractivity contribution >= 4 is 27.5 Å². The van der Waals surface area contributed by atoms with E-state index in [0.717, 1.165) is 24.8 Å². The first-order chi connectivity index (χ1) is 13.8. The monoisotopic (exact) mass is 415 g/mol. The molecule has 154 valence electrons. The van der Waals surface area contributed by atoms with Crippen LogP contribution in [0.4, 0.5) is 5.69 Å². The van der Waals surface area contributed by atoms with Crippen LogP contribution in [0.3, 0.4) is 0 Å². The van der Waals surface area contributed by atoms with E-state index in [1.54, 1.807) is 43.3 Å². The number of hydrogen-bond donors (Lipinski definition) is 2. The molecule has 29 heavy (non-hydrogen) atoms. The summed E-state index contributed by atoms with van der Waals surface area (Å²) in [6.07, 6.45) is 2.87. The highest BCUT2D eigenvalue weighted by Crippen LogP contribution is 2.25. The van der Waals surface area contributed by atoms with Gasteiger partial charge in [0.2, 0.25) is 15.9 Å². The van der Waals surface area contributed by atoms with E-state index in [4.69, 9.17) is 5.73 Å². The van der Waals surface area contributed by atoms with Crippen LogP contribution in [0.25, 0.3) is 0 Å². The summed E-state index contributed by atoms with van der Waals surface area (Å²) >= 11 is 0. The molecule has 2 aromatic rings. The van der Waals surface area contributed by atoms with E-state index < -0.39 is 21.8 Å². The minimum absolute atomic E-state index is 0.129. The molecule has 1 fully saturated rings. The molecule has 8 heteroatoms. The van der Waals surface area contributed by atoms with E-state index in [0.29, 0.717) is 24.3 Å². The number of sulfonamides is 1. The average molecular weight is 416 g/mol. The Balaban J connectivity index is 1.79. The molecule has 1 heterocycles. The van der Waals surface area contributed by atoms with Gasteiger partial charge in [0.15, 0.2) is 0 Å². The molecule has 0 atom stereocenters. The lowest BCUT2D eigenvalue weighted by Gasteiger charge is -2.26. The van der Waals surface area contributed by atoms with Crippen LogP contribution in [0, 0.1) is 6.92 Å². The van der Waals surface area contributed by atoms with E-state index in [1.165, 1.54) is 10.4 Å². The number of nitrogens with one attached hydrogen (secondary N) is 1. The molecule has 0 unspecified atom stereocenters. The Bertz CT molecular complexity index is 1010. The zero-order chi connectivity index (χ0) is 21.0. The third kappa shape index (κ3) is 5.02. The molecule has 2 amide bonds. The van der Waals surface area contributed by atoms with Crippen LogP contribution in [0.5, 0.6) is 0 Å². The average Bonchev–Trinajstić information content (AvgIpc) is 2.70. The number of primary amides is 1. The summed E-state index contributed by atoms with van der Waals surface area (Å²) in [4.78, 5) is 23.8. The van der Waals surface area contributed by atoms with Crippen molar-refractivity contribution in [1.82, 2.24) is 4.31 Å². The third-order valence-electron chi connectivity index (χ3n) is 4.97. The predicted molar refractivity (Wildman–Crippen MR) is 111 cm³/mol. The van der Waals surface area contributed by atoms with Crippen LogP contribution < -0.4 is 11.1 Å². The van der Waals surface area contributed by atoms with Crippen molar-refractivity contribution in [3.05, 3.63) is 59.2 Å². The number of aryl methyl sites for hydroxylation is 1. The number of nitrogens with two attached hydrogens (primary N) is 1. The highest BCUT2D eigenvalue weighted by atomic mass is 32.2. The quantitative estimate of drug-likeness (QED) is 0.755. The van der Waals surface area contributed by atoms with Crippen LogP contribution in [-0.4, -0.2) is 37.6 Å². The van der Waals surface area contributed by atoms with Gasteiger partial charge in [0, 0.05) is 24.3 Å². The van der Waals surface area contributed by atoms with Gasteiger partial charge in [0.1, 0.15) is 0 Å². The summed E-state index contributed by atoms with van der Waals surface area (Å²) in [5.41, 5.74) is 7.35. The van der Waals surface area contributed by atoms with Crippen molar-refractivity contribution in [2.45, 2.75) is 37.5 Å². The van der Waals surface area contributed by atoms with Gasteiger partial charge in [-0.3, -0.25) is 9.59 Å². The van der Waals surface area contributed by atoms with Gasteiger partial charge in [-0.15, -0.1) is 0 Å². The molecule has 1 aliphatic heterocycles. The molecular formula is C21H25N3O4S. The largest absolute Gasteiger partial charge is 0.369 e. The Hall–Kier alpha value is -2.71. The molecule has 0 aromatic heterocycles. The maximum Gasteiger partial charge on any atom is 0.255 e. The highest BCUT2D eigenvalue weighted by Gasteiger charge is 2.28. The molecule has 0 aliphatic carbocycles. The van der Waals surface area contributed by atoms with Gasteiger partial charge in [-0.1, -0.05) is 24.6 Å². The molecule has 3 rings (SSSR count). The number of carbonyl (C=O) groups is 2. The standard InChI is InChI=1S/C21H25N3O4S/c1-15-5-8-17(14-19(15)29(27,28)24-11-3-2-4-12-24)21(26)23-18-9-6-16(7-10-18)13-20(22)25/h5-10,14H,2-4,11-13H2,1H3,(H2,22,25)(H,23,26). The van der Waals surface area contributed by atoms with Gasteiger partial charge in [-0.25, -0.2) is 8.42 Å². The lowest BCUT2D eigenvalue weighted by atomic mass is 10.1. The zero-order valence-electron chi connectivity index (χ0n) is 16.3. The van der Waals surface area contributed by atoms with Crippen molar-refractivity contribution in [2.24, 2.45) is 5.73 Å². The number of anilines is 1. The third-order valence-corrected chi connectivity index (χ3v) is 7.01. The molecule has 7 nitrogen and oxygen atoms in total. The molecule has 0 bridgehead atoms. The first-order valence-electron chi connectivity index (χ1n) is 9.57. The minimum atomic E-state index is -3.63. The van der Waals surface area contributed by atoms with Gasteiger partial charge in [0.25, 0.3) is 5.91 Å². The smallest absolute Gasteiger partial charge is 0.255 e. The number of amides is 2. The van der Waals surface area contributed by atoms with Gasteiger partial charge in [-0.05, 0) is 55.2 Å². The van der Waals surface area contributed by atoms with Crippen LogP contribution in [0.15, 0.2) is 47.4 Å². The lowest BCUT2D eigenvalue weighted by molar-refractivity contribution is -0.117. The second-order valence-electron chi connectivity index (χ2n) is 7.24. The van der Waals surface area contributed by atoms with Gasteiger partial charge in [-0.2, -0.15) is 4.31 Å². The van der Waals surface area contributed by atoms with Crippen molar-refractivity contribution in [3.63, 3.8) is 0 Å². The number of piperidine rings is 1. The molecule has 0 spiro atoms. The summed E-state index contributed by atoms with van der Waals surface area (Å²) in [5.74, 6) is -0.827. The summed E-state index contributed by atoms with van der Waals surface area (Å²) in [7, 11) is -3.63. The Morgan fingerprint density at radius 2 is 1.69 bits per heavy atom. The van der Waals surface area contributed by atoms with E-state index in [9.17, 15) is 18.0 Å². The van der Waals surface area contributed by atoms with Crippen molar-refractivity contribution in [3.8, 4) is 0 Å². The van der Waals surface area contributed by atoms with Crippen LogP contribution in [0.2, 0.25) is 0 Å². The number of nitrogens with zero attached hydrogens (tertiary/aromatic N) is 1. The number of carbonyl (C=O) groups excluding carboxylic acids is 2. The summed E-state index contributed by atoms with van der Waals surface area (Å²) in [6, 6.07) is 11.5. The normalized spacial score (nSPS) is 15.1. The van der Waals surface area contributed by atoms with Gasteiger partial charge >= 0.3 is 0 Å². The summed E-state index contributed by atoms with van der Waals surface area (Å²) in [6.45, 7) is 2.75. The molecule has 0 radical (unpaired) electrons. The topological polar surface area (TPSA) is 110 Å². The summed E-state index contributed by atoms with van der Waals surface area (Å²) < 4.78 is 27.5. The summed E-state index contributed by atoms with van der Waals surface area (Å²) in [5, 5.41) is 2.75. The number of hydrogen-bond acceptors (Lipinski definition) is 4. The zero-order valence-corrected chi connectivity index (χ0v) is 17.2. The molecule has 1 aliphatic rings. The second kappa shape index (κ2) is 8.75. The van der Waals surface area contributed by atoms with Gasteiger partial charge < -0.3 is 11.1 Å². The Morgan fingerprint density at radius 1 is 1.03 bits per heavy atom. The fourth-order valence-electron chi connectivity index (χ4n) is 3.37. The fraction of sp³-hybridized carbons (Fsp3) is 0.333. The van der Waals surface area contributed by atoms with E-state index in [2.05, 4.69) is 5.32 Å². The minimum Gasteiger partial charge on any atom is -0.369 e. The number of rotatable bonds is 6. The molecule has 2 aromatic carbocycles. The SMILES string of the molecule is Cc1ccc(C(=O)Nc2ccc(CC(N)=O)cc2)cc1S(=O)(=O)N1CCCCC1. The molecule has 1 saturated heterocycles. The predicted octanol–water partition coefficient (Wildman–Crippen LogP) is 2.45.